The first-order valence-electron chi connectivity index (χ1n) is 6.94. The van der Waals surface area contributed by atoms with Crippen LogP contribution in [-0.4, -0.2) is 22.6 Å². The Bertz CT molecular complexity index is 483. The summed E-state index contributed by atoms with van der Waals surface area (Å²) in [4.78, 5) is 23.2. The van der Waals surface area contributed by atoms with Gasteiger partial charge in [-0.3, -0.25) is 0 Å². The molecule has 0 saturated heterocycles. The number of carbonyl (C=O) groups is 2. The highest BCUT2D eigenvalue weighted by Crippen LogP contribution is 2.32. The lowest BCUT2D eigenvalue weighted by atomic mass is 9.77. The van der Waals surface area contributed by atoms with E-state index in [9.17, 15) is 14.7 Å². The molecule has 1 fully saturated rings. The smallest absolute Gasteiger partial charge is 0.329 e. The van der Waals surface area contributed by atoms with E-state index in [1.165, 1.54) is 0 Å². The van der Waals surface area contributed by atoms with Crippen molar-refractivity contribution in [3.05, 3.63) is 35.9 Å². The van der Waals surface area contributed by atoms with Crippen LogP contribution >= 0.6 is 0 Å². The van der Waals surface area contributed by atoms with Crippen LogP contribution in [0.2, 0.25) is 0 Å². The van der Waals surface area contributed by atoms with Gasteiger partial charge < -0.3 is 15.7 Å². The molecule has 1 saturated carbocycles. The average Bonchev–Trinajstić information content (AvgIpc) is 2.40. The van der Waals surface area contributed by atoms with Crippen molar-refractivity contribution >= 4 is 12.0 Å². The largest absolute Gasteiger partial charge is 0.480 e. The molecule has 3 N–H and O–H groups in total. The summed E-state index contributed by atoms with van der Waals surface area (Å²) >= 11 is 0. The van der Waals surface area contributed by atoms with E-state index in [2.05, 4.69) is 10.6 Å². The molecule has 1 unspecified atom stereocenters. The fraction of sp³-hybridized carbons (Fsp3) is 0.467. The lowest BCUT2D eigenvalue weighted by Crippen LogP contribution is -2.61. The number of rotatable bonds is 5. The number of hydrogen-bond acceptors (Lipinski definition) is 2. The summed E-state index contributed by atoms with van der Waals surface area (Å²) in [7, 11) is 0. The zero-order chi connectivity index (χ0) is 14.6. The molecule has 2 rings (SSSR count). The van der Waals surface area contributed by atoms with Crippen molar-refractivity contribution in [3.8, 4) is 0 Å². The molecule has 1 atom stereocenters. The first-order chi connectivity index (χ1) is 9.57. The molecule has 108 valence electrons. The van der Waals surface area contributed by atoms with E-state index in [0.29, 0.717) is 12.8 Å². The van der Waals surface area contributed by atoms with Crippen molar-refractivity contribution in [2.45, 2.75) is 44.2 Å². The summed E-state index contributed by atoms with van der Waals surface area (Å²) in [6.45, 7) is 1.98. The SMILES string of the molecule is CCC(NC(=O)NC1(C(=O)O)CCC1)c1ccccc1. The Morgan fingerprint density at radius 3 is 2.40 bits per heavy atom. The van der Waals surface area contributed by atoms with Gasteiger partial charge >= 0.3 is 12.0 Å². The lowest BCUT2D eigenvalue weighted by molar-refractivity contribution is -0.148. The lowest BCUT2D eigenvalue weighted by Gasteiger charge is -2.38. The maximum atomic E-state index is 12.0. The molecule has 1 aromatic carbocycles. The van der Waals surface area contributed by atoms with Crippen LogP contribution in [0.15, 0.2) is 30.3 Å². The maximum absolute atomic E-state index is 12.0. The number of carboxylic acid groups (broad SMARTS) is 1. The van der Waals surface area contributed by atoms with Crippen LogP contribution < -0.4 is 10.6 Å². The Kier molecular flexibility index (Phi) is 4.27. The third kappa shape index (κ3) is 2.92. The van der Waals surface area contributed by atoms with Crippen LogP contribution in [0.3, 0.4) is 0 Å². The van der Waals surface area contributed by atoms with Gasteiger partial charge in [0, 0.05) is 0 Å². The number of hydrogen-bond donors (Lipinski definition) is 3. The highest BCUT2D eigenvalue weighted by molar-refractivity contribution is 5.87. The first-order valence-corrected chi connectivity index (χ1v) is 6.94. The normalized spacial score (nSPS) is 17.6. The first kappa shape index (κ1) is 14.4. The molecule has 0 aromatic heterocycles. The van der Waals surface area contributed by atoms with Gasteiger partial charge in [0.15, 0.2) is 0 Å². The second-order valence-corrected chi connectivity index (χ2v) is 5.21. The van der Waals surface area contributed by atoms with Gasteiger partial charge in [-0.1, -0.05) is 37.3 Å². The molecule has 0 aliphatic heterocycles. The Morgan fingerprint density at radius 2 is 1.95 bits per heavy atom. The molecule has 0 bridgehead atoms. The second kappa shape index (κ2) is 5.94. The molecule has 1 aliphatic carbocycles. The standard InChI is InChI=1S/C15H20N2O3/c1-2-12(11-7-4-3-5-8-11)16-14(20)17-15(13(18)19)9-6-10-15/h3-5,7-8,12H,2,6,9-10H2,1H3,(H,18,19)(H2,16,17,20). The summed E-state index contributed by atoms with van der Waals surface area (Å²) in [5.74, 6) is -0.952. The molecular weight excluding hydrogens is 256 g/mol. The number of urea groups is 1. The molecule has 1 aromatic rings. The Hall–Kier alpha value is -2.04. The molecular formula is C15H20N2O3. The van der Waals surface area contributed by atoms with E-state index >= 15 is 0 Å². The van der Waals surface area contributed by atoms with Crippen molar-refractivity contribution in [3.63, 3.8) is 0 Å². The van der Waals surface area contributed by atoms with Gasteiger partial charge in [0.05, 0.1) is 6.04 Å². The quantitative estimate of drug-likeness (QED) is 0.773. The zero-order valence-corrected chi connectivity index (χ0v) is 11.6. The van der Waals surface area contributed by atoms with Crippen LogP contribution in [0.5, 0.6) is 0 Å². The fourth-order valence-corrected chi connectivity index (χ4v) is 2.44. The number of aliphatic carboxylic acids is 1. The van der Waals surface area contributed by atoms with Gasteiger partial charge in [-0.15, -0.1) is 0 Å². The third-order valence-corrected chi connectivity index (χ3v) is 3.88. The zero-order valence-electron chi connectivity index (χ0n) is 11.6. The summed E-state index contributed by atoms with van der Waals surface area (Å²) in [5, 5.41) is 14.7. The van der Waals surface area contributed by atoms with Crippen molar-refractivity contribution in [2.24, 2.45) is 0 Å². The minimum atomic E-state index is -1.07. The van der Waals surface area contributed by atoms with Gasteiger partial charge in [-0.25, -0.2) is 9.59 Å². The van der Waals surface area contributed by atoms with Crippen molar-refractivity contribution < 1.29 is 14.7 Å². The topological polar surface area (TPSA) is 78.4 Å². The Balaban J connectivity index is 1.98. The van der Waals surface area contributed by atoms with Crippen LogP contribution in [-0.2, 0) is 4.79 Å². The summed E-state index contributed by atoms with van der Waals surface area (Å²) in [6.07, 6.45) is 2.58. The number of benzene rings is 1. The second-order valence-electron chi connectivity index (χ2n) is 5.21. The van der Waals surface area contributed by atoms with Crippen molar-refractivity contribution in [1.29, 1.82) is 0 Å². The Morgan fingerprint density at radius 1 is 1.30 bits per heavy atom. The molecule has 1 aliphatic rings. The summed E-state index contributed by atoms with van der Waals surface area (Å²) in [6, 6.07) is 9.13. The van der Waals surface area contributed by atoms with E-state index in [0.717, 1.165) is 18.4 Å². The fourth-order valence-electron chi connectivity index (χ4n) is 2.44. The maximum Gasteiger partial charge on any atom is 0.329 e. The van der Waals surface area contributed by atoms with Crippen LogP contribution in [0.1, 0.15) is 44.2 Å². The average molecular weight is 276 g/mol. The number of carbonyl (C=O) groups excluding carboxylic acids is 1. The van der Waals surface area contributed by atoms with Gasteiger partial charge in [0.1, 0.15) is 5.54 Å². The van der Waals surface area contributed by atoms with Gasteiger partial charge in [0.25, 0.3) is 0 Å². The molecule has 0 heterocycles. The van der Waals surface area contributed by atoms with E-state index in [-0.39, 0.29) is 6.04 Å². The summed E-state index contributed by atoms with van der Waals surface area (Å²) < 4.78 is 0. The van der Waals surface area contributed by atoms with E-state index < -0.39 is 17.5 Å². The highest BCUT2D eigenvalue weighted by atomic mass is 16.4. The van der Waals surface area contributed by atoms with Crippen LogP contribution in [0, 0.1) is 0 Å². The number of carboxylic acids is 1. The molecule has 5 heteroatoms. The van der Waals surface area contributed by atoms with Crippen molar-refractivity contribution in [1.82, 2.24) is 10.6 Å². The predicted molar refractivity (Wildman–Crippen MR) is 75.4 cm³/mol. The minimum absolute atomic E-state index is 0.109. The van der Waals surface area contributed by atoms with E-state index in [1.54, 1.807) is 0 Å². The Labute approximate surface area is 118 Å². The molecule has 0 radical (unpaired) electrons. The highest BCUT2D eigenvalue weighted by Gasteiger charge is 2.45. The third-order valence-electron chi connectivity index (χ3n) is 3.88. The predicted octanol–water partition coefficient (Wildman–Crippen LogP) is 2.44. The molecule has 0 spiro atoms. The number of amides is 2. The molecule has 2 amide bonds. The van der Waals surface area contributed by atoms with Gasteiger partial charge in [-0.05, 0) is 31.2 Å². The van der Waals surface area contributed by atoms with E-state index in [4.69, 9.17) is 0 Å². The van der Waals surface area contributed by atoms with Crippen LogP contribution in [0.4, 0.5) is 4.79 Å². The summed E-state index contributed by atoms with van der Waals surface area (Å²) in [5.41, 5.74) is -0.0536. The molecule has 20 heavy (non-hydrogen) atoms. The van der Waals surface area contributed by atoms with Gasteiger partial charge in [0.2, 0.25) is 0 Å². The minimum Gasteiger partial charge on any atom is -0.480 e. The number of nitrogens with one attached hydrogen (secondary N) is 2. The van der Waals surface area contributed by atoms with E-state index in [1.807, 2.05) is 37.3 Å². The van der Waals surface area contributed by atoms with Gasteiger partial charge in [-0.2, -0.15) is 0 Å². The van der Waals surface area contributed by atoms with Crippen LogP contribution in [0.25, 0.3) is 0 Å². The van der Waals surface area contributed by atoms with Crippen molar-refractivity contribution in [2.75, 3.05) is 0 Å². The monoisotopic (exact) mass is 276 g/mol. The molecule has 5 nitrogen and oxygen atoms in total.